The van der Waals surface area contributed by atoms with Crippen LogP contribution in [-0.2, 0) is 0 Å². The summed E-state index contributed by atoms with van der Waals surface area (Å²) < 4.78 is 17.2. The average Bonchev–Trinajstić information content (AvgIpc) is 2.97. The maximum atomic E-state index is 14.9. The number of aromatic nitrogens is 2. The molecular weight excluding hydrogens is 385 g/mol. The van der Waals surface area contributed by atoms with Crippen LogP contribution in [0.4, 0.5) is 16.0 Å². The SMILES string of the molecule is Cc1cc(F)c2nc(Nc3ccc(C(C)C)cc3)n(C3CC(C)(C)CC(C)(C)C3)c2c1. The van der Waals surface area contributed by atoms with E-state index in [1.165, 1.54) is 12.0 Å². The highest BCUT2D eigenvalue weighted by Gasteiger charge is 2.40. The molecule has 166 valence electrons. The van der Waals surface area contributed by atoms with Gasteiger partial charge in [-0.05, 0) is 78.3 Å². The van der Waals surface area contributed by atoms with E-state index in [4.69, 9.17) is 4.98 Å². The standard InChI is InChI=1S/C27H36FN3/c1-17(2)19-8-10-20(11-9-19)29-25-30-24-22(28)12-18(3)13-23(24)31(25)21-14-26(4,5)16-27(6,7)15-21/h8-13,17,21H,14-16H2,1-7H3,(H,29,30). The van der Waals surface area contributed by atoms with Gasteiger partial charge in [-0.3, -0.25) is 0 Å². The molecule has 2 aromatic carbocycles. The third-order valence-corrected chi connectivity index (χ3v) is 6.63. The molecule has 0 radical (unpaired) electrons. The largest absolute Gasteiger partial charge is 0.326 e. The predicted octanol–water partition coefficient (Wildman–Crippen LogP) is 8.13. The topological polar surface area (TPSA) is 29.9 Å². The first-order valence-electron chi connectivity index (χ1n) is 11.5. The maximum Gasteiger partial charge on any atom is 0.208 e. The van der Waals surface area contributed by atoms with Crippen molar-refractivity contribution in [1.29, 1.82) is 0 Å². The van der Waals surface area contributed by atoms with Gasteiger partial charge in [-0.1, -0.05) is 53.7 Å². The first-order chi connectivity index (χ1) is 14.4. The average molecular weight is 422 g/mol. The summed E-state index contributed by atoms with van der Waals surface area (Å²) in [6.07, 6.45) is 3.30. The number of nitrogens with one attached hydrogen (secondary N) is 1. The van der Waals surface area contributed by atoms with E-state index in [1.807, 2.05) is 6.92 Å². The molecule has 0 amide bonds. The van der Waals surface area contributed by atoms with Gasteiger partial charge in [0.15, 0.2) is 5.82 Å². The van der Waals surface area contributed by atoms with Crippen molar-refractivity contribution in [3.63, 3.8) is 0 Å². The van der Waals surface area contributed by atoms with Gasteiger partial charge < -0.3 is 9.88 Å². The van der Waals surface area contributed by atoms with Crippen LogP contribution in [0, 0.1) is 23.6 Å². The number of aryl methyl sites for hydroxylation is 1. The third-order valence-electron chi connectivity index (χ3n) is 6.63. The number of fused-ring (bicyclic) bond motifs is 1. The van der Waals surface area contributed by atoms with Gasteiger partial charge in [0.25, 0.3) is 0 Å². The first kappa shape index (κ1) is 21.9. The quantitative estimate of drug-likeness (QED) is 0.461. The molecule has 0 spiro atoms. The van der Waals surface area contributed by atoms with Crippen molar-refractivity contribution in [3.05, 3.63) is 53.3 Å². The number of halogens is 1. The van der Waals surface area contributed by atoms with Crippen LogP contribution in [0.3, 0.4) is 0 Å². The summed E-state index contributed by atoms with van der Waals surface area (Å²) in [7, 11) is 0. The van der Waals surface area contributed by atoms with Gasteiger partial charge in [0, 0.05) is 11.7 Å². The number of benzene rings is 2. The van der Waals surface area contributed by atoms with Gasteiger partial charge in [-0.2, -0.15) is 0 Å². The van der Waals surface area contributed by atoms with Gasteiger partial charge in [0.1, 0.15) is 5.52 Å². The molecule has 1 aromatic heterocycles. The fourth-order valence-electron chi connectivity index (χ4n) is 5.79. The van der Waals surface area contributed by atoms with E-state index >= 15 is 0 Å². The van der Waals surface area contributed by atoms with Gasteiger partial charge in [0.2, 0.25) is 5.95 Å². The number of hydrogen-bond donors (Lipinski definition) is 1. The minimum absolute atomic E-state index is 0.224. The summed E-state index contributed by atoms with van der Waals surface area (Å²) in [6.45, 7) is 15.7. The minimum atomic E-state index is -0.249. The molecule has 0 bridgehead atoms. The van der Waals surface area contributed by atoms with Gasteiger partial charge >= 0.3 is 0 Å². The molecule has 31 heavy (non-hydrogen) atoms. The molecule has 0 aliphatic heterocycles. The Balaban J connectivity index is 1.82. The van der Waals surface area contributed by atoms with Crippen LogP contribution in [0.15, 0.2) is 36.4 Å². The molecule has 4 rings (SSSR count). The van der Waals surface area contributed by atoms with Crippen LogP contribution in [-0.4, -0.2) is 9.55 Å². The second-order valence-electron chi connectivity index (χ2n) is 11.4. The highest BCUT2D eigenvalue weighted by Crippen LogP contribution is 2.51. The van der Waals surface area contributed by atoms with Crippen LogP contribution in [0.2, 0.25) is 0 Å². The third kappa shape index (κ3) is 4.49. The first-order valence-corrected chi connectivity index (χ1v) is 11.5. The Morgan fingerprint density at radius 1 is 1.03 bits per heavy atom. The van der Waals surface area contributed by atoms with E-state index in [9.17, 15) is 4.39 Å². The number of anilines is 2. The Labute approximate surface area is 186 Å². The summed E-state index contributed by atoms with van der Waals surface area (Å²) in [6, 6.07) is 12.4. The number of hydrogen-bond acceptors (Lipinski definition) is 2. The van der Waals surface area contributed by atoms with Crippen molar-refractivity contribution in [2.75, 3.05) is 5.32 Å². The lowest BCUT2D eigenvalue weighted by atomic mass is 9.63. The Bertz CT molecular complexity index is 1070. The van der Waals surface area contributed by atoms with E-state index in [2.05, 4.69) is 81.8 Å². The van der Waals surface area contributed by atoms with E-state index < -0.39 is 0 Å². The highest BCUT2D eigenvalue weighted by atomic mass is 19.1. The lowest BCUT2D eigenvalue weighted by Gasteiger charge is -2.45. The molecule has 1 saturated carbocycles. The molecule has 1 fully saturated rings. The normalized spacial score (nSPS) is 18.6. The van der Waals surface area contributed by atoms with Crippen molar-refractivity contribution in [1.82, 2.24) is 9.55 Å². The molecule has 0 unspecified atom stereocenters. The Kier molecular flexibility index (Phi) is 5.39. The van der Waals surface area contributed by atoms with Gasteiger partial charge in [0.05, 0.1) is 5.52 Å². The summed E-state index contributed by atoms with van der Waals surface area (Å²) >= 11 is 0. The Morgan fingerprint density at radius 3 is 2.23 bits per heavy atom. The second-order valence-corrected chi connectivity index (χ2v) is 11.4. The predicted molar refractivity (Wildman–Crippen MR) is 129 cm³/mol. The molecule has 4 heteroatoms. The Hall–Kier alpha value is -2.36. The Morgan fingerprint density at radius 2 is 1.65 bits per heavy atom. The summed E-state index contributed by atoms with van der Waals surface area (Å²) in [4.78, 5) is 4.75. The fourth-order valence-corrected chi connectivity index (χ4v) is 5.79. The fraction of sp³-hybridized carbons (Fsp3) is 0.519. The van der Waals surface area contributed by atoms with Crippen molar-refractivity contribution >= 4 is 22.7 Å². The van der Waals surface area contributed by atoms with Crippen molar-refractivity contribution in [2.24, 2.45) is 10.8 Å². The zero-order valence-corrected chi connectivity index (χ0v) is 20.0. The summed E-state index contributed by atoms with van der Waals surface area (Å²) in [5, 5.41) is 3.51. The molecule has 0 atom stereocenters. The van der Waals surface area contributed by atoms with Gasteiger partial charge in [-0.15, -0.1) is 0 Å². The van der Waals surface area contributed by atoms with Crippen molar-refractivity contribution in [2.45, 2.75) is 79.7 Å². The molecule has 0 saturated heterocycles. The second kappa shape index (κ2) is 7.65. The van der Waals surface area contributed by atoms with E-state index in [-0.39, 0.29) is 22.7 Å². The number of imidazole rings is 1. The lowest BCUT2D eigenvalue weighted by Crippen LogP contribution is -2.35. The van der Waals surface area contributed by atoms with Crippen LogP contribution in [0.5, 0.6) is 0 Å². The molecular formula is C27H36FN3. The van der Waals surface area contributed by atoms with Crippen LogP contribution >= 0.6 is 0 Å². The monoisotopic (exact) mass is 421 g/mol. The van der Waals surface area contributed by atoms with E-state index in [0.717, 1.165) is 35.6 Å². The molecule has 1 aliphatic carbocycles. The number of rotatable bonds is 4. The molecule has 1 aliphatic rings. The van der Waals surface area contributed by atoms with Crippen molar-refractivity contribution in [3.8, 4) is 0 Å². The number of nitrogens with zero attached hydrogens (tertiary/aromatic N) is 2. The maximum absolute atomic E-state index is 14.9. The van der Waals surface area contributed by atoms with Crippen LogP contribution < -0.4 is 5.32 Å². The minimum Gasteiger partial charge on any atom is -0.326 e. The smallest absolute Gasteiger partial charge is 0.208 e. The summed E-state index contributed by atoms with van der Waals surface area (Å²) in [5.74, 6) is 0.971. The molecule has 3 nitrogen and oxygen atoms in total. The lowest BCUT2D eigenvalue weighted by molar-refractivity contribution is 0.0746. The molecule has 1 N–H and O–H groups in total. The van der Waals surface area contributed by atoms with Crippen molar-refractivity contribution < 1.29 is 4.39 Å². The van der Waals surface area contributed by atoms with Crippen LogP contribution in [0.1, 0.15) is 83.9 Å². The zero-order valence-electron chi connectivity index (χ0n) is 20.0. The highest BCUT2D eigenvalue weighted by molar-refractivity contribution is 5.81. The van der Waals surface area contributed by atoms with Gasteiger partial charge in [-0.25, -0.2) is 9.37 Å². The zero-order chi connectivity index (χ0) is 22.6. The van der Waals surface area contributed by atoms with Crippen LogP contribution in [0.25, 0.3) is 11.0 Å². The molecule has 3 aromatic rings. The van der Waals surface area contributed by atoms with E-state index in [1.54, 1.807) is 6.07 Å². The van der Waals surface area contributed by atoms with E-state index in [0.29, 0.717) is 11.4 Å². The summed E-state index contributed by atoms with van der Waals surface area (Å²) in [5.41, 5.74) is 4.99. The molecule has 1 heterocycles.